The summed E-state index contributed by atoms with van der Waals surface area (Å²) in [6.07, 6.45) is 0. The molecule has 0 aliphatic carbocycles. The predicted molar refractivity (Wildman–Crippen MR) is 82.8 cm³/mol. The molecule has 1 aromatic rings. The van der Waals surface area contributed by atoms with E-state index in [0.717, 1.165) is 0 Å². The Morgan fingerprint density at radius 3 is 2.77 bits per heavy atom. The second-order valence-corrected chi connectivity index (χ2v) is 5.11. The number of piperazine rings is 1. The number of halogens is 3. The summed E-state index contributed by atoms with van der Waals surface area (Å²) in [6, 6.07) is 5.82. The van der Waals surface area contributed by atoms with Gasteiger partial charge in [-0.05, 0) is 26.0 Å². The summed E-state index contributed by atoms with van der Waals surface area (Å²) in [6.45, 7) is 4.95. The first-order valence-electron chi connectivity index (χ1n) is 7.09. The van der Waals surface area contributed by atoms with Crippen molar-refractivity contribution >= 4 is 18.3 Å². The van der Waals surface area contributed by atoms with E-state index in [2.05, 4.69) is 5.32 Å². The predicted octanol–water partition coefficient (Wildman–Crippen LogP) is 2.42. The highest BCUT2D eigenvalue weighted by Gasteiger charge is 2.46. The Morgan fingerprint density at radius 1 is 1.45 bits per heavy atom. The second kappa shape index (κ2) is 7.74. The maximum absolute atomic E-state index is 14.6. The molecule has 1 aliphatic rings. The summed E-state index contributed by atoms with van der Waals surface area (Å²) in [5, 5.41) is 3.13. The van der Waals surface area contributed by atoms with Crippen LogP contribution in [0.2, 0.25) is 0 Å². The molecule has 1 saturated heterocycles. The van der Waals surface area contributed by atoms with Gasteiger partial charge in [-0.25, -0.2) is 0 Å². The smallest absolute Gasteiger partial charge is 0.353 e. The van der Waals surface area contributed by atoms with E-state index in [1.54, 1.807) is 13.0 Å². The fourth-order valence-corrected chi connectivity index (χ4v) is 2.44. The molecule has 1 aliphatic heterocycles. The van der Waals surface area contributed by atoms with Crippen LogP contribution in [0.1, 0.15) is 19.4 Å². The van der Waals surface area contributed by atoms with Crippen LogP contribution in [0.5, 0.6) is 5.75 Å². The summed E-state index contributed by atoms with van der Waals surface area (Å²) in [4.78, 5) is 13.4. The van der Waals surface area contributed by atoms with Gasteiger partial charge in [-0.15, -0.1) is 12.4 Å². The highest BCUT2D eigenvalue weighted by atomic mass is 35.5. The van der Waals surface area contributed by atoms with E-state index in [1.165, 1.54) is 23.1 Å². The third-order valence-corrected chi connectivity index (χ3v) is 3.45. The third kappa shape index (κ3) is 3.87. The van der Waals surface area contributed by atoms with Gasteiger partial charge in [0.15, 0.2) is 0 Å². The molecule has 0 radical (unpaired) electrons. The molecule has 1 atom stereocenters. The minimum Gasteiger partial charge on any atom is -0.493 e. The highest BCUT2D eigenvalue weighted by molar-refractivity contribution is 5.86. The zero-order valence-corrected chi connectivity index (χ0v) is 13.5. The molecule has 0 aromatic heterocycles. The Labute approximate surface area is 135 Å². The maximum atomic E-state index is 14.6. The molecular formula is C15H21ClF2N2O2. The van der Waals surface area contributed by atoms with Crippen molar-refractivity contribution in [2.45, 2.75) is 25.8 Å². The monoisotopic (exact) mass is 334 g/mol. The van der Waals surface area contributed by atoms with E-state index in [1.807, 2.05) is 6.92 Å². The van der Waals surface area contributed by atoms with Gasteiger partial charge in [0.2, 0.25) is 0 Å². The fraction of sp³-hybridized carbons (Fsp3) is 0.533. The minimum absolute atomic E-state index is 0. The standard InChI is InChI=1S/C15H20F2N2O2.ClH/c1-3-21-13-7-5-4-6-12(13)15(16,17)14(20)19-9-8-18-11(2)10-19;/h4-7,11,18H,3,8-10H2,1-2H3;1H/t11-;/m1./s1. The zero-order valence-electron chi connectivity index (χ0n) is 12.6. The van der Waals surface area contributed by atoms with Gasteiger partial charge in [-0.3, -0.25) is 4.79 Å². The SMILES string of the molecule is CCOc1ccccc1C(F)(F)C(=O)N1CCN[C@H](C)C1.Cl. The molecule has 1 heterocycles. The van der Waals surface area contributed by atoms with Crippen molar-refractivity contribution in [2.24, 2.45) is 0 Å². The normalized spacial score (nSPS) is 18.5. The summed E-state index contributed by atoms with van der Waals surface area (Å²) in [7, 11) is 0. The van der Waals surface area contributed by atoms with Gasteiger partial charge in [-0.2, -0.15) is 8.78 Å². The van der Waals surface area contributed by atoms with Gasteiger partial charge in [0, 0.05) is 25.7 Å². The number of nitrogens with one attached hydrogen (secondary N) is 1. The molecule has 0 bridgehead atoms. The molecule has 0 saturated carbocycles. The van der Waals surface area contributed by atoms with Crippen molar-refractivity contribution in [2.75, 3.05) is 26.2 Å². The molecule has 2 rings (SSSR count). The van der Waals surface area contributed by atoms with Crippen LogP contribution < -0.4 is 10.1 Å². The van der Waals surface area contributed by atoms with Crippen molar-refractivity contribution in [1.82, 2.24) is 10.2 Å². The van der Waals surface area contributed by atoms with Crippen molar-refractivity contribution in [3.63, 3.8) is 0 Å². The van der Waals surface area contributed by atoms with Gasteiger partial charge in [-0.1, -0.05) is 12.1 Å². The first-order valence-corrected chi connectivity index (χ1v) is 7.09. The first-order chi connectivity index (χ1) is 9.96. The van der Waals surface area contributed by atoms with Crippen LogP contribution in [0.25, 0.3) is 0 Å². The molecule has 1 fully saturated rings. The zero-order chi connectivity index (χ0) is 15.5. The Morgan fingerprint density at radius 2 is 2.14 bits per heavy atom. The number of para-hydroxylation sites is 1. The van der Waals surface area contributed by atoms with Gasteiger partial charge >= 0.3 is 5.92 Å². The number of hydrogen-bond acceptors (Lipinski definition) is 3. The fourth-order valence-electron chi connectivity index (χ4n) is 2.44. The molecular weight excluding hydrogens is 314 g/mol. The molecule has 1 N–H and O–H groups in total. The Hall–Kier alpha value is -1.40. The molecule has 0 unspecified atom stereocenters. The number of rotatable bonds is 4. The Bertz CT molecular complexity index is 514. The molecule has 7 heteroatoms. The van der Waals surface area contributed by atoms with E-state index >= 15 is 0 Å². The first kappa shape index (κ1) is 18.6. The van der Waals surface area contributed by atoms with Crippen LogP contribution in [0.15, 0.2) is 24.3 Å². The molecule has 1 amide bonds. The lowest BCUT2D eigenvalue weighted by atomic mass is 10.0. The van der Waals surface area contributed by atoms with Gasteiger partial charge in [0.25, 0.3) is 5.91 Å². The number of alkyl halides is 2. The van der Waals surface area contributed by atoms with E-state index < -0.39 is 11.8 Å². The van der Waals surface area contributed by atoms with Crippen LogP contribution >= 0.6 is 12.4 Å². The van der Waals surface area contributed by atoms with Crippen LogP contribution in [0.4, 0.5) is 8.78 Å². The van der Waals surface area contributed by atoms with E-state index in [4.69, 9.17) is 4.74 Å². The van der Waals surface area contributed by atoms with Crippen molar-refractivity contribution in [3.05, 3.63) is 29.8 Å². The van der Waals surface area contributed by atoms with Crippen LogP contribution in [0.3, 0.4) is 0 Å². The van der Waals surface area contributed by atoms with Crippen molar-refractivity contribution in [3.8, 4) is 5.75 Å². The molecule has 4 nitrogen and oxygen atoms in total. The summed E-state index contributed by atoms with van der Waals surface area (Å²) in [5.41, 5.74) is -0.372. The van der Waals surface area contributed by atoms with Crippen LogP contribution in [-0.4, -0.2) is 43.1 Å². The summed E-state index contributed by atoms with van der Waals surface area (Å²) < 4.78 is 34.3. The number of hydrogen-bond donors (Lipinski definition) is 1. The second-order valence-electron chi connectivity index (χ2n) is 5.11. The molecule has 124 valence electrons. The number of nitrogens with zero attached hydrogens (tertiary/aromatic N) is 1. The van der Waals surface area contributed by atoms with E-state index in [9.17, 15) is 13.6 Å². The minimum atomic E-state index is -3.58. The Balaban J connectivity index is 0.00000242. The average molecular weight is 335 g/mol. The van der Waals surface area contributed by atoms with Crippen molar-refractivity contribution in [1.29, 1.82) is 0 Å². The molecule has 1 aromatic carbocycles. The summed E-state index contributed by atoms with van der Waals surface area (Å²) >= 11 is 0. The quantitative estimate of drug-likeness (QED) is 0.919. The maximum Gasteiger partial charge on any atom is 0.353 e. The van der Waals surface area contributed by atoms with E-state index in [0.29, 0.717) is 6.54 Å². The number of ether oxygens (including phenoxy) is 1. The number of benzene rings is 1. The lowest BCUT2D eigenvalue weighted by molar-refractivity contribution is -0.160. The highest BCUT2D eigenvalue weighted by Crippen LogP contribution is 2.36. The topological polar surface area (TPSA) is 41.6 Å². The van der Waals surface area contributed by atoms with Crippen molar-refractivity contribution < 1.29 is 18.3 Å². The summed E-state index contributed by atoms with van der Waals surface area (Å²) in [5.74, 6) is -4.69. The van der Waals surface area contributed by atoms with E-state index in [-0.39, 0.29) is 49.5 Å². The lowest BCUT2D eigenvalue weighted by Gasteiger charge is -2.34. The number of amides is 1. The van der Waals surface area contributed by atoms with Crippen LogP contribution in [0, 0.1) is 0 Å². The number of carbonyl (C=O) groups excluding carboxylic acids is 1. The number of carbonyl (C=O) groups is 1. The van der Waals surface area contributed by atoms with Gasteiger partial charge < -0.3 is 15.0 Å². The largest absolute Gasteiger partial charge is 0.493 e. The average Bonchev–Trinajstić information content (AvgIpc) is 2.47. The van der Waals surface area contributed by atoms with Gasteiger partial charge in [0.05, 0.1) is 12.2 Å². The lowest BCUT2D eigenvalue weighted by Crippen LogP contribution is -2.54. The van der Waals surface area contributed by atoms with Gasteiger partial charge in [0.1, 0.15) is 5.75 Å². The molecule has 0 spiro atoms. The van der Waals surface area contributed by atoms with Crippen LogP contribution in [-0.2, 0) is 10.7 Å². The molecule has 22 heavy (non-hydrogen) atoms. The third-order valence-electron chi connectivity index (χ3n) is 3.45. The Kier molecular flexibility index (Phi) is 6.56.